The SMILES string of the molecule is CN(C)S(=O)(=O)c1ccc(=O)n(CC(=O)Nc2ccc(N3CCCCCC3)cc2)c1. The van der Waals surface area contributed by atoms with Crippen LogP contribution in [0.2, 0.25) is 0 Å². The number of nitrogens with one attached hydrogen (secondary N) is 1. The van der Waals surface area contributed by atoms with Crippen molar-refractivity contribution in [3.63, 3.8) is 0 Å². The molecule has 0 bridgehead atoms. The van der Waals surface area contributed by atoms with E-state index in [0.29, 0.717) is 5.69 Å². The Balaban J connectivity index is 1.68. The average Bonchev–Trinajstić information content (AvgIpc) is 2.99. The van der Waals surface area contributed by atoms with Crippen LogP contribution in [0.15, 0.2) is 52.3 Å². The molecule has 1 aromatic carbocycles. The number of aromatic nitrogens is 1. The second-order valence-electron chi connectivity index (χ2n) is 7.61. The molecule has 2 aromatic rings. The fourth-order valence-corrected chi connectivity index (χ4v) is 4.36. The number of anilines is 2. The number of amides is 1. The van der Waals surface area contributed by atoms with Gasteiger partial charge in [0.15, 0.2) is 0 Å². The Morgan fingerprint density at radius 1 is 1.00 bits per heavy atom. The quantitative estimate of drug-likeness (QED) is 0.755. The Morgan fingerprint density at radius 3 is 2.23 bits per heavy atom. The van der Waals surface area contributed by atoms with E-state index in [1.54, 1.807) is 0 Å². The molecule has 3 rings (SSSR count). The summed E-state index contributed by atoms with van der Waals surface area (Å²) in [5.41, 5.74) is 1.32. The third-order valence-corrected chi connectivity index (χ3v) is 6.97. The summed E-state index contributed by atoms with van der Waals surface area (Å²) in [6.07, 6.45) is 6.10. The highest BCUT2D eigenvalue weighted by molar-refractivity contribution is 7.89. The van der Waals surface area contributed by atoms with Gasteiger partial charge >= 0.3 is 0 Å². The maximum absolute atomic E-state index is 12.4. The molecule has 30 heavy (non-hydrogen) atoms. The molecule has 0 spiro atoms. The molecule has 0 unspecified atom stereocenters. The number of hydrogen-bond acceptors (Lipinski definition) is 5. The molecule has 0 saturated carbocycles. The molecule has 1 amide bonds. The van der Waals surface area contributed by atoms with Crippen molar-refractivity contribution in [1.82, 2.24) is 8.87 Å². The summed E-state index contributed by atoms with van der Waals surface area (Å²) in [4.78, 5) is 26.8. The molecule has 1 N–H and O–H groups in total. The molecule has 1 aromatic heterocycles. The van der Waals surface area contributed by atoms with Gasteiger partial charge in [0, 0.05) is 50.8 Å². The van der Waals surface area contributed by atoms with E-state index < -0.39 is 21.5 Å². The normalized spacial score (nSPS) is 15.1. The van der Waals surface area contributed by atoms with Crippen LogP contribution in [0.25, 0.3) is 0 Å². The number of carbonyl (C=O) groups is 1. The van der Waals surface area contributed by atoms with Gasteiger partial charge in [-0.3, -0.25) is 9.59 Å². The molecule has 2 heterocycles. The van der Waals surface area contributed by atoms with Crippen molar-refractivity contribution in [1.29, 1.82) is 0 Å². The van der Waals surface area contributed by atoms with Crippen molar-refractivity contribution in [2.75, 3.05) is 37.4 Å². The molecule has 1 aliphatic rings. The van der Waals surface area contributed by atoms with Crippen LogP contribution in [0.3, 0.4) is 0 Å². The van der Waals surface area contributed by atoms with Gasteiger partial charge in [0.2, 0.25) is 15.9 Å². The van der Waals surface area contributed by atoms with Crippen LogP contribution in [0, 0.1) is 0 Å². The van der Waals surface area contributed by atoms with E-state index in [2.05, 4.69) is 10.2 Å². The van der Waals surface area contributed by atoms with E-state index in [-0.39, 0.29) is 11.4 Å². The number of carbonyl (C=O) groups excluding carboxylic acids is 1. The lowest BCUT2D eigenvalue weighted by atomic mass is 10.2. The molecular formula is C21H28N4O4S. The van der Waals surface area contributed by atoms with Gasteiger partial charge in [-0.25, -0.2) is 12.7 Å². The fraction of sp³-hybridized carbons (Fsp3) is 0.429. The van der Waals surface area contributed by atoms with Gasteiger partial charge < -0.3 is 14.8 Å². The highest BCUT2D eigenvalue weighted by Gasteiger charge is 2.19. The van der Waals surface area contributed by atoms with Gasteiger partial charge in [-0.2, -0.15) is 0 Å². The Labute approximate surface area is 177 Å². The van der Waals surface area contributed by atoms with E-state index in [0.717, 1.165) is 33.7 Å². The highest BCUT2D eigenvalue weighted by Crippen LogP contribution is 2.21. The number of hydrogen-bond donors (Lipinski definition) is 1. The molecule has 0 radical (unpaired) electrons. The highest BCUT2D eigenvalue weighted by atomic mass is 32.2. The van der Waals surface area contributed by atoms with E-state index in [4.69, 9.17) is 0 Å². The first-order valence-electron chi connectivity index (χ1n) is 10.1. The van der Waals surface area contributed by atoms with Gasteiger partial charge in [0.1, 0.15) is 6.54 Å². The standard InChI is InChI=1S/C21H28N4O4S/c1-23(2)30(28,29)19-11-12-21(27)25(15-19)16-20(26)22-17-7-9-18(10-8-17)24-13-5-3-4-6-14-24/h7-12,15H,3-6,13-14,16H2,1-2H3,(H,22,26). The number of benzene rings is 1. The summed E-state index contributed by atoms with van der Waals surface area (Å²) in [5, 5.41) is 2.76. The maximum atomic E-state index is 12.4. The minimum absolute atomic E-state index is 0.0401. The summed E-state index contributed by atoms with van der Waals surface area (Å²) >= 11 is 0. The Morgan fingerprint density at radius 2 is 1.63 bits per heavy atom. The minimum Gasteiger partial charge on any atom is -0.372 e. The smallest absolute Gasteiger partial charge is 0.251 e. The summed E-state index contributed by atoms with van der Waals surface area (Å²) in [6, 6.07) is 10.0. The molecule has 1 fully saturated rings. The largest absolute Gasteiger partial charge is 0.372 e. The number of sulfonamides is 1. The van der Waals surface area contributed by atoms with Crippen molar-refractivity contribution in [3.05, 3.63) is 52.9 Å². The van der Waals surface area contributed by atoms with Crippen molar-refractivity contribution in [3.8, 4) is 0 Å². The third-order valence-electron chi connectivity index (χ3n) is 5.17. The zero-order chi connectivity index (χ0) is 21.7. The van der Waals surface area contributed by atoms with Crippen LogP contribution in [0.5, 0.6) is 0 Å². The molecule has 0 aliphatic carbocycles. The molecular weight excluding hydrogens is 404 g/mol. The van der Waals surface area contributed by atoms with Crippen LogP contribution >= 0.6 is 0 Å². The minimum atomic E-state index is -3.69. The zero-order valence-electron chi connectivity index (χ0n) is 17.4. The monoisotopic (exact) mass is 432 g/mol. The lowest BCUT2D eigenvalue weighted by Gasteiger charge is -2.22. The van der Waals surface area contributed by atoms with Crippen LogP contribution in [-0.2, 0) is 21.4 Å². The lowest BCUT2D eigenvalue weighted by Crippen LogP contribution is -2.29. The third kappa shape index (κ3) is 5.28. The van der Waals surface area contributed by atoms with Crippen LogP contribution < -0.4 is 15.8 Å². The van der Waals surface area contributed by atoms with Gasteiger partial charge in [-0.15, -0.1) is 0 Å². The van der Waals surface area contributed by atoms with Gasteiger partial charge in [-0.1, -0.05) is 12.8 Å². The first-order chi connectivity index (χ1) is 14.3. The molecule has 9 heteroatoms. The molecule has 1 aliphatic heterocycles. The van der Waals surface area contributed by atoms with E-state index in [1.807, 2.05) is 24.3 Å². The number of nitrogens with zero attached hydrogens (tertiary/aromatic N) is 3. The van der Waals surface area contributed by atoms with E-state index in [9.17, 15) is 18.0 Å². The van der Waals surface area contributed by atoms with Crippen molar-refractivity contribution in [2.45, 2.75) is 37.1 Å². The average molecular weight is 433 g/mol. The van der Waals surface area contributed by atoms with Crippen molar-refractivity contribution < 1.29 is 13.2 Å². The van der Waals surface area contributed by atoms with Crippen LogP contribution in [-0.4, -0.2) is 50.4 Å². The van der Waals surface area contributed by atoms with E-state index >= 15 is 0 Å². The predicted octanol–water partition coefficient (Wildman–Crippen LogP) is 2.12. The Kier molecular flexibility index (Phi) is 6.94. The topological polar surface area (TPSA) is 91.7 Å². The summed E-state index contributed by atoms with van der Waals surface area (Å²) in [5.74, 6) is -0.404. The fourth-order valence-electron chi connectivity index (χ4n) is 3.44. The lowest BCUT2D eigenvalue weighted by molar-refractivity contribution is -0.116. The Hall–Kier alpha value is -2.65. The zero-order valence-corrected chi connectivity index (χ0v) is 18.2. The summed E-state index contributed by atoms with van der Waals surface area (Å²) in [6.45, 7) is 1.81. The molecule has 8 nitrogen and oxygen atoms in total. The summed E-state index contributed by atoms with van der Waals surface area (Å²) < 4.78 is 26.7. The van der Waals surface area contributed by atoms with Gasteiger partial charge in [-0.05, 0) is 43.2 Å². The maximum Gasteiger partial charge on any atom is 0.251 e. The molecule has 1 saturated heterocycles. The van der Waals surface area contributed by atoms with Crippen molar-refractivity contribution in [2.24, 2.45) is 0 Å². The van der Waals surface area contributed by atoms with E-state index in [1.165, 1.54) is 52.0 Å². The second kappa shape index (κ2) is 9.44. The van der Waals surface area contributed by atoms with Crippen molar-refractivity contribution >= 4 is 27.3 Å². The second-order valence-corrected chi connectivity index (χ2v) is 9.77. The predicted molar refractivity (Wildman–Crippen MR) is 117 cm³/mol. The Bertz CT molecular complexity index is 1040. The number of pyridine rings is 1. The molecule has 0 atom stereocenters. The van der Waals surface area contributed by atoms with Crippen LogP contribution in [0.1, 0.15) is 25.7 Å². The summed E-state index contributed by atoms with van der Waals surface area (Å²) in [7, 11) is -0.873. The van der Waals surface area contributed by atoms with Gasteiger partial charge in [0.05, 0.1) is 4.90 Å². The molecule has 162 valence electrons. The van der Waals surface area contributed by atoms with Crippen LogP contribution in [0.4, 0.5) is 11.4 Å². The first kappa shape index (κ1) is 22.0. The van der Waals surface area contributed by atoms with Gasteiger partial charge in [0.25, 0.3) is 5.56 Å². The first-order valence-corrected chi connectivity index (χ1v) is 11.5. The number of rotatable bonds is 6.